The highest BCUT2D eigenvalue weighted by Gasteiger charge is 2.12. The van der Waals surface area contributed by atoms with Gasteiger partial charge in [-0.1, -0.05) is 52.2 Å². The van der Waals surface area contributed by atoms with Gasteiger partial charge in [-0.25, -0.2) is 0 Å². The summed E-state index contributed by atoms with van der Waals surface area (Å²) in [5, 5.41) is 0. The first-order chi connectivity index (χ1) is 9.97. The van der Waals surface area contributed by atoms with Gasteiger partial charge in [0, 0.05) is 0 Å². The second-order valence-electron chi connectivity index (χ2n) is 7.11. The van der Waals surface area contributed by atoms with Gasteiger partial charge in [0.1, 0.15) is 0 Å². The van der Waals surface area contributed by atoms with Crippen molar-refractivity contribution in [2.45, 2.75) is 73.1 Å². The quantitative estimate of drug-likeness (QED) is 0.621. The average molecular weight is 290 g/mol. The number of unbranched alkanes of at least 4 members (excludes halogenated alkanes) is 2. The van der Waals surface area contributed by atoms with Crippen LogP contribution in [0.4, 0.5) is 0 Å². The molecule has 0 radical (unpaired) electrons. The van der Waals surface area contributed by atoms with E-state index in [-0.39, 0.29) is 0 Å². The van der Waals surface area contributed by atoms with Crippen molar-refractivity contribution in [2.24, 2.45) is 17.6 Å². The van der Waals surface area contributed by atoms with Crippen LogP contribution in [-0.4, -0.2) is 6.54 Å². The lowest BCUT2D eigenvalue weighted by Crippen LogP contribution is -2.18. The molecular formula is C20H35N. The number of nitrogens with two attached hydrogens (primary N) is 1. The molecule has 0 heterocycles. The Hall–Kier alpha value is -0.820. The Morgan fingerprint density at radius 3 is 2.10 bits per heavy atom. The predicted octanol–water partition coefficient (Wildman–Crippen LogP) is 5.20. The van der Waals surface area contributed by atoms with Crippen molar-refractivity contribution in [3.05, 3.63) is 34.4 Å². The molecule has 21 heavy (non-hydrogen) atoms. The monoisotopic (exact) mass is 289 g/mol. The largest absolute Gasteiger partial charge is 0.330 e. The fourth-order valence-electron chi connectivity index (χ4n) is 3.27. The fraction of sp³-hybridized carbons (Fsp3) is 0.700. The summed E-state index contributed by atoms with van der Waals surface area (Å²) in [4.78, 5) is 0. The van der Waals surface area contributed by atoms with Gasteiger partial charge in [-0.05, 0) is 73.7 Å². The summed E-state index contributed by atoms with van der Waals surface area (Å²) in [7, 11) is 0. The van der Waals surface area contributed by atoms with Gasteiger partial charge in [0.15, 0.2) is 0 Å². The number of aryl methyl sites for hydroxylation is 2. The molecule has 0 aromatic heterocycles. The third-order valence-corrected chi connectivity index (χ3v) is 4.44. The highest BCUT2D eigenvalue weighted by atomic mass is 14.5. The van der Waals surface area contributed by atoms with Gasteiger partial charge >= 0.3 is 0 Å². The average Bonchev–Trinajstić information content (AvgIpc) is 2.40. The van der Waals surface area contributed by atoms with E-state index in [4.69, 9.17) is 5.73 Å². The van der Waals surface area contributed by atoms with Gasteiger partial charge < -0.3 is 5.73 Å². The molecular weight excluding hydrogens is 254 g/mol. The zero-order valence-electron chi connectivity index (χ0n) is 14.8. The first kappa shape index (κ1) is 18.2. The maximum absolute atomic E-state index is 6.00. The molecule has 0 fully saturated rings. The minimum atomic E-state index is 0.643. The topological polar surface area (TPSA) is 26.0 Å². The first-order valence-corrected chi connectivity index (χ1v) is 8.76. The van der Waals surface area contributed by atoms with Gasteiger partial charge in [0.25, 0.3) is 0 Å². The van der Waals surface area contributed by atoms with E-state index in [0.29, 0.717) is 5.92 Å². The summed E-state index contributed by atoms with van der Waals surface area (Å²) in [6.07, 6.45) is 7.55. The van der Waals surface area contributed by atoms with Crippen LogP contribution in [0.25, 0.3) is 0 Å². The SMILES string of the molecule is CCCCCC(CN)Cc1c(C)cc(CC(C)C)cc1C. The van der Waals surface area contributed by atoms with Crippen LogP contribution >= 0.6 is 0 Å². The molecule has 0 spiro atoms. The van der Waals surface area contributed by atoms with Gasteiger partial charge in [-0.15, -0.1) is 0 Å². The Kier molecular flexibility index (Phi) is 8.03. The number of rotatable bonds is 9. The van der Waals surface area contributed by atoms with Crippen molar-refractivity contribution in [3.63, 3.8) is 0 Å². The molecule has 0 amide bonds. The Morgan fingerprint density at radius 2 is 1.62 bits per heavy atom. The van der Waals surface area contributed by atoms with E-state index in [1.807, 2.05) is 0 Å². The Balaban J connectivity index is 2.77. The first-order valence-electron chi connectivity index (χ1n) is 8.76. The third-order valence-electron chi connectivity index (χ3n) is 4.44. The Labute approximate surface area is 132 Å². The maximum atomic E-state index is 6.00. The molecule has 1 heteroatoms. The lowest BCUT2D eigenvalue weighted by molar-refractivity contribution is 0.463. The van der Waals surface area contributed by atoms with Crippen LogP contribution < -0.4 is 5.73 Å². The predicted molar refractivity (Wildman–Crippen MR) is 94.8 cm³/mol. The number of hydrogen-bond donors (Lipinski definition) is 1. The van der Waals surface area contributed by atoms with E-state index in [9.17, 15) is 0 Å². The molecule has 0 saturated heterocycles. The van der Waals surface area contributed by atoms with Crippen LogP contribution in [0.1, 0.15) is 68.7 Å². The number of hydrogen-bond acceptors (Lipinski definition) is 1. The van der Waals surface area contributed by atoms with Crippen molar-refractivity contribution >= 4 is 0 Å². The molecule has 1 rings (SSSR count). The van der Waals surface area contributed by atoms with Gasteiger partial charge in [-0.2, -0.15) is 0 Å². The molecule has 1 aromatic rings. The third kappa shape index (κ3) is 6.22. The van der Waals surface area contributed by atoms with Crippen LogP contribution in [0.3, 0.4) is 0 Å². The molecule has 1 aromatic carbocycles. The van der Waals surface area contributed by atoms with E-state index < -0.39 is 0 Å². The van der Waals surface area contributed by atoms with Crippen molar-refractivity contribution in [3.8, 4) is 0 Å². The lowest BCUT2D eigenvalue weighted by atomic mass is 9.87. The number of benzene rings is 1. The van der Waals surface area contributed by atoms with Crippen molar-refractivity contribution < 1.29 is 0 Å². The minimum Gasteiger partial charge on any atom is -0.330 e. The van der Waals surface area contributed by atoms with E-state index in [1.165, 1.54) is 54.4 Å². The van der Waals surface area contributed by atoms with Crippen molar-refractivity contribution in [1.29, 1.82) is 0 Å². The summed E-state index contributed by atoms with van der Waals surface area (Å²) in [5.74, 6) is 1.37. The van der Waals surface area contributed by atoms with Crippen LogP contribution in [0.5, 0.6) is 0 Å². The molecule has 0 bridgehead atoms. The molecule has 0 aliphatic heterocycles. The summed E-state index contributed by atoms with van der Waals surface area (Å²) in [5.41, 5.74) is 11.9. The van der Waals surface area contributed by atoms with Gasteiger partial charge in [0.05, 0.1) is 0 Å². The normalized spacial score (nSPS) is 12.9. The smallest absolute Gasteiger partial charge is 0.00457 e. The molecule has 0 aliphatic rings. The fourth-order valence-corrected chi connectivity index (χ4v) is 3.27. The van der Waals surface area contributed by atoms with Crippen molar-refractivity contribution in [1.82, 2.24) is 0 Å². The van der Waals surface area contributed by atoms with Crippen LogP contribution in [0.15, 0.2) is 12.1 Å². The summed E-state index contributed by atoms with van der Waals surface area (Å²) >= 11 is 0. The van der Waals surface area contributed by atoms with Crippen LogP contribution in [0, 0.1) is 25.7 Å². The van der Waals surface area contributed by atoms with E-state index >= 15 is 0 Å². The summed E-state index contributed by atoms with van der Waals surface area (Å²) in [6, 6.07) is 4.78. The zero-order chi connectivity index (χ0) is 15.8. The molecule has 1 nitrogen and oxygen atoms in total. The molecule has 2 N–H and O–H groups in total. The second-order valence-corrected chi connectivity index (χ2v) is 7.11. The zero-order valence-corrected chi connectivity index (χ0v) is 14.8. The van der Waals surface area contributed by atoms with Gasteiger partial charge in [0.2, 0.25) is 0 Å². The maximum Gasteiger partial charge on any atom is -0.00457 e. The van der Waals surface area contributed by atoms with E-state index in [1.54, 1.807) is 0 Å². The molecule has 0 aliphatic carbocycles. The van der Waals surface area contributed by atoms with E-state index in [2.05, 4.69) is 46.8 Å². The van der Waals surface area contributed by atoms with Gasteiger partial charge in [-0.3, -0.25) is 0 Å². The Morgan fingerprint density at radius 1 is 1.00 bits per heavy atom. The molecule has 120 valence electrons. The van der Waals surface area contributed by atoms with Crippen LogP contribution in [-0.2, 0) is 12.8 Å². The second kappa shape index (κ2) is 9.25. The van der Waals surface area contributed by atoms with Crippen LogP contribution in [0.2, 0.25) is 0 Å². The summed E-state index contributed by atoms with van der Waals surface area (Å²) in [6.45, 7) is 12.2. The highest BCUT2D eigenvalue weighted by Crippen LogP contribution is 2.23. The standard InChI is InChI=1S/C20H35N/c1-6-7-8-9-18(14-21)13-20-16(4)11-19(10-15(2)3)12-17(20)5/h11-12,15,18H,6-10,13-14,21H2,1-5H3. The molecule has 0 saturated carbocycles. The van der Waals surface area contributed by atoms with Crippen molar-refractivity contribution in [2.75, 3.05) is 6.54 Å². The molecule has 1 atom stereocenters. The molecule has 1 unspecified atom stereocenters. The lowest BCUT2D eigenvalue weighted by Gasteiger charge is -2.19. The van der Waals surface area contributed by atoms with E-state index in [0.717, 1.165) is 18.9 Å². The highest BCUT2D eigenvalue weighted by molar-refractivity contribution is 5.38. The summed E-state index contributed by atoms with van der Waals surface area (Å²) < 4.78 is 0. The Bertz CT molecular complexity index is 397. The minimum absolute atomic E-state index is 0.643.